The van der Waals surface area contributed by atoms with E-state index in [0.29, 0.717) is 68.0 Å². The summed E-state index contributed by atoms with van der Waals surface area (Å²) in [6.07, 6.45) is 9.71. The fourth-order valence-corrected chi connectivity index (χ4v) is 10.5. The van der Waals surface area contributed by atoms with Crippen molar-refractivity contribution < 1.29 is 22.1 Å². The van der Waals surface area contributed by atoms with Gasteiger partial charge in [-0.25, -0.2) is 10.4 Å². The zero-order chi connectivity index (χ0) is 26.4. The predicted octanol–water partition coefficient (Wildman–Crippen LogP) is 3.09. The summed E-state index contributed by atoms with van der Waals surface area (Å²) >= 11 is 0. The molecule has 4 aliphatic heterocycles. The first kappa shape index (κ1) is 27.8. The second kappa shape index (κ2) is 11.5. The van der Waals surface area contributed by atoms with E-state index in [1.54, 1.807) is 4.31 Å². The van der Waals surface area contributed by atoms with E-state index < -0.39 is 10.3 Å². The van der Waals surface area contributed by atoms with Crippen molar-refractivity contribution in [1.29, 1.82) is 0 Å². The van der Waals surface area contributed by atoms with Crippen LogP contribution in [0.3, 0.4) is 0 Å². The van der Waals surface area contributed by atoms with Crippen molar-refractivity contribution in [3.8, 4) is 0 Å². The normalized spacial score (nSPS) is 51.8. The number of ether oxygens (including phenoxy) is 2. The van der Waals surface area contributed by atoms with E-state index in [9.17, 15) is 8.42 Å². The molecule has 0 radical (unpaired) electrons. The number of hydrogen-bond donors (Lipinski definition) is 2. The Bertz CT molecular complexity index is 923. The minimum absolute atomic E-state index is 0.0371. The van der Waals surface area contributed by atoms with Crippen LogP contribution in [0.4, 0.5) is 0 Å². The minimum Gasteiger partial charge on any atom is -0.378 e. The summed E-state index contributed by atoms with van der Waals surface area (Å²) in [4.78, 5) is 0. The van der Waals surface area contributed by atoms with E-state index >= 15 is 0 Å². The van der Waals surface area contributed by atoms with Gasteiger partial charge < -0.3 is 9.47 Å². The van der Waals surface area contributed by atoms with E-state index in [4.69, 9.17) is 13.7 Å². The molecule has 9 nitrogen and oxygen atoms in total. The van der Waals surface area contributed by atoms with Crippen LogP contribution in [0.2, 0.25) is 0 Å². The lowest BCUT2D eigenvalue weighted by Gasteiger charge is -2.48. The summed E-state index contributed by atoms with van der Waals surface area (Å²) in [7, 11) is -3.71. The van der Waals surface area contributed by atoms with Crippen LogP contribution in [0.15, 0.2) is 0 Å². The van der Waals surface area contributed by atoms with Crippen LogP contribution in [-0.2, 0) is 24.0 Å². The van der Waals surface area contributed by atoms with Gasteiger partial charge in [-0.3, -0.25) is 4.18 Å². The monoisotopic (exact) mass is 554 g/mol. The Morgan fingerprint density at radius 2 is 1.74 bits per heavy atom. The zero-order valence-corrected chi connectivity index (χ0v) is 24.4. The first-order chi connectivity index (χ1) is 18.3. The van der Waals surface area contributed by atoms with Crippen molar-refractivity contribution in [3.05, 3.63) is 0 Å². The van der Waals surface area contributed by atoms with E-state index in [1.165, 1.54) is 32.1 Å². The van der Waals surface area contributed by atoms with Crippen molar-refractivity contribution >= 4 is 10.3 Å². The minimum atomic E-state index is -3.71. The molecule has 3 saturated carbocycles. The first-order valence-electron chi connectivity index (χ1n) is 15.5. The van der Waals surface area contributed by atoms with Gasteiger partial charge in [-0.15, -0.1) is 0 Å². The standard InChI is InChI=1S/C28H50N4O5S/c1-18-4-5-21-14-22-6-8-26-28(19(22)2)29-30-31(26)10-11-35-12-13-36-24-7-9-27-23(16-24)17-32(38(33,34)37-27)20(3)25(18)15-21/h18-30H,4-17H2,1-3H3/t18?,19?,20-,21?,22?,23?,24?,25?,26?,27?,28?/m1/s1. The summed E-state index contributed by atoms with van der Waals surface area (Å²) in [6.45, 7) is 10.2. The molecule has 0 amide bonds. The van der Waals surface area contributed by atoms with Crippen LogP contribution in [0.25, 0.3) is 0 Å². The number of nitrogens with one attached hydrogen (secondary N) is 2. The molecule has 0 aromatic carbocycles. The van der Waals surface area contributed by atoms with Gasteiger partial charge in [0.15, 0.2) is 0 Å². The van der Waals surface area contributed by atoms with E-state index in [0.717, 1.165) is 32.2 Å². The van der Waals surface area contributed by atoms with Gasteiger partial charge in [-0.2, -0.15) is 18.3 Å². The highest BCUT2D eigenvalue weighted by molar-refractivity contribution is 7.84. The maximum Gasteiger partial charge on any atom is 0.338 e. The highest BCUT2D eigenvalue weighted by atomic mass is 32.2. The fourth-order valence-electron chi connectivity index (χ4n) is 8.92. The van der Waals surface area contributed by atoms with Gasteiger partial charge >= 0.3 is 10.3 Å². The molecule has 10 heteroatoms. The summed E-state index contributed by atoms with van der Waals surface area (Å²) in [5, 5.41) is 2.36. The molecular formula is C28H50N4O5S. The number of hydrazine groups is 2. The van der Waals surface area contributed by atoms with E-state index in [2.05, 4.69) is 36.7 Å². The van der Waals surface area contributed by atoms with Gasteiger partial charge in [-0.1, -0.05) is 26.7 Å². The number of nitrogens with zero attached hydrogens (tertiary/aromatic N) is 2. The first-order valence-corrected chi connectivity index (χ1v) is 16.8. The lowest BCUT2D eigenvalue weighted by Crippen LogP contribution is -2.56. The molecule has 7 fully saturated rings. The lowest BCUT2D eigenvalue weighted by atomic mass is 9.65. The maximum atomic E-state index is 13.3. The van der Waals surface area contributed by atoms with Crippen LogP contribution in [0.1, 0.15) is 78.6 Å². The third-order valence-electron chi connectivity index (χ3n) is 11.3. The van der Waals surface area contributed by atoms with Gasteiger partial charge in [0.25, 0.3) is 0 Å². The van der Waals surface area contributed by atoms with Crippen molar-refractivity contribution in [2.75, 3.05) is 32.9 Å². The molecule has 7 aliphatic rings. The average molecular weight is 555 g/mol. The Kier molecular flexibility index (Phi) is 8.43. The van der Waals surface area contributed by atoms with Crippen molar-refractivity contribution in [2.24, 2.45) is 35.5 Å². The van der Waals surface area contributed by atoms with Gasteiger partial charge in [-0.05, 0) is 81.5 Å². The summed E-state index contributed by atoms with van der Waals surface area (Å²) < 4.78 is 46.4. The molecule has 9 bridgehead atoms. The molecule has 7 rings (SSSR count). The van der Waals surface area contributed by atoms with Crippen molar-refractivity contribution in [1.82, 2.24) is 20.3 Å². The molecule has 12 unspecified atom stereocenters. The van der Waals surface area contributed by atoms with E-state index in [1.807, 2.05) is 0 Å². The maximum absolute atomic E-state index is 13.3. The van der Waals surface area contributed by atoms with Crippen LogP contribution >= 0.6 is 0 Å². The van der Waals surface area contributed by atoms with Crippen LogP contribution < -0.4 is 11.0 Å². The number of fused-ring (bicyclic) bond motifs is 6. The Morgan fingerprint density at radius 3 is 2.61 bits per heavy atom. The molecule has 0 aromatic heterocycles. The van der Waals surface area contributed by atoms with Gasteiger partial charge in [0.2, 0.25) is 0 Å². The molecule has 218 valence electrons. The SMILES string of the molecule is CC1CCC2CC3CCC4C(NNN4CCOCCOC4CCC5OS(=O)(=O)N(CC5C4)[C@H](C)C1C2)C3C. The highest BCUT2D eigenvalue weighted by Crippen LogP contribution is 2.45. The molecule has 13 atom stereocenters. The Balaban J connectivity index is 1.21. The number of rotatable bonds is 0. The van der Waals surface area contributed by atoms with Gasteiger partial charge in [0.05, 0.1) is 32.0 Å². The lowest BCUT2D eigenvalue weighted by molar-refractivity contribution is -0.0618. The summed E-state index contributed by atoms with van der Waals surface area (Å²) in [5.74, 6) is 3.09. The van der Waals surface area contributed by atoms with Crippen LogP contribution in [-0.4, -0.2) is 81.0 Å². The Labute approximate surface area is 229 Å². The second-order valence-electron chi connectivity index (χ2n) is 13.4. The molecule has 4 heterocycles. The Hall–Kier alpha value is -0.330. The smallest absolute Gasteiger partial charge is 0.338 e. The van der Waals surface area contributed by atoms with Gasteiger partial charge in [0, 0.05) is 37.1 Å². The molecule has 0 aromatic rings. The molecule has 4 saturated heterocycles. The molecular weight excluding hydrogens is 504 g/mol. The fraction of sp³-hybridized carbons (Fsp3) is 1.00. The van der Waals surface area contributed by atoms with Crippen LogP contribution in [0, 0.1) is 35.5 Å². The average Bonchev–Trinajstić information content (AvgIpc) is 3.31. The van der Waals surface area contributed by atoms with Crippen molar-refractivity contribution in [3.63, 3.8) is 0 Å². The zero-order valence-electron chi connectivity index (χ0n) is 23.6. The Morgan fingerprint density at radius 1 is 0.868 bits per heavy atom. The quantitative estimate of drug-likeness (QED) is 0.472. The molecule has 0 spiro atoms. The molecule has 2 N–H and O–H groups in total. The van der Waals surface area contributed by atoms with Gasteiger partial charge in [0.1, 0.15) is 0 Å². The topological polar surface area (TPSA) is 92.4 Å². The van der Waals surface area contributed by atoms with E-state index in [-0.39, 0.29) is 24.2 Å². The van der Waals surface area contributed by atoms with Crippen LogP contribution in [0.5, 0.6) is 0 Å². The largest absolute Gasteiger partial charge is 0.378 e. The molecule has 38 heavy (non-hydrogen) atoms. The highest BCUT2D eigenvalue weighted by Gasteiger charge is 2.48. The summed E-state index contributed by atoms with van der Waals surface area (Å²) in [5.41, 5.74) is 7.06. The third-order valence-corrected chi connectivity index (χ3v) is 12.8. The second-order valence-corrected chi connectivity index (χ2v) is 14.9. The molecule has 3 aliphatic carbocycles. The summed E-state index contributed by atoms with van der Waals surface area (Å²) in [6, 6.07) is 0.943. The predicted molar refractivity (Wildman–Crippen MR) is 145 cm³/mol. The number of hydrogen-bond acceptors (Lipinski definition) is 8. The van der Waals surface area contributed by atoms with Crippen molar-refractivity contribution in [2.45, 2.75) is 109 Å². The third kappa shape index (κ3) is 5.58.